The van der Waals surface area contributed by atoms with Crippen molar-refractivity contribution in [1.29, 1.82) is 5.26 Å². The van der Waals surface area contributed by atoms with E-state index in [0.29, 0.717) is 0 Å². The van der Waals surface area contributed by atoms with Gasteiger partial charge < -0.3 is 4.57 Å². The minimum Gasteiger partial charge on any atom is -0.322 e. The van der Waals surface area contributed by atoms with Crippen LogP contribution < -0.4 is 0 Å². The Hall–Kier alpha value is -1.47. The summed E-state index contributed by atoms with van der Waals surface area (Å²) in [6.07, 6.45) is 0.872. The summed E-state index contributed by atoms with van der Waals surface area (Å²) in [4.78, 5) is 4.60. The largest absolute Gasteiger partial charge is 0.322 e. The number of nitriles is 1. The topological polar surface area (TPSA) is 41.6 Å². The van der Waals surface area contributed by atoms with Crippen LogP contribution in [0.3, 0.4) is 0 Å². The molecule has 0 saturated heterocycles. The zero-order chi connectivity index (χ0) is 13.2. The lowest BCUT2D eigenvalue weighted by Gasteiger charge is -2.13. The molecule has 0 aliphatic heterocycles. The molecule has 2 rings (SSSR count). The number of aromatic nitrogens is 2. The molecule has 0 saturated carbocycles. The molecule has 0 fully saturated rings. The lowest BCUT2D eigenvalue weighted by atomic mass is 9.93. The second-order valence-electron chi connectivity index (χ2n) is 5.04. The molecule has 0 bridgehead atoms. The van der Waals surface area contributed by atoms with E-state index in [2.05, 4.69) is 21.7 Å². The number of hydrogen-bond acceptors (Lipinski definition) is 3. The number of benzene rings is 1. The highest BCUT2D eigenvalue weighted by Crippen LogP contribution is 2.27. The maximum absolute atomic E-state index is 8.98. The first-order valence-electron chi connectivity index (χ1n) is 5.99. The van der Waals surface area contributed by atoms with Gasteiger partial charge in [0, 0.05) is 12.8 Å². The van der Waals surface area contributed by atoms with Crippen LogP contribution in [0.4, 0.5) is 0 Å². The summed E-state index contributed by atoms with van der Waals surface area (Å²) in [5.74, 6) is 0.914. The quantitative estimate of drug-likeness (QED) is 0.788. The van der Waals surface area contributed by atoms with Gasteiger partial charge in [-0.3, -0.25) is 0 Å². The van der Waals surface area contributed by atoms with Crippen LogP contribution in [-0.2, 0) is 7.05 Å². The molecular formula is C14H17N3S. The van der Waals surface area contributed by atoms with Crippen LogP contribution in [0.2, 0.25) is 0 Å². The Labute approximate surface area is 112 Å². The molecule has 0 aliphatic rings. The molecule has 18 heavy (non-hydrogen) atoms. The summed E-state index contributed by atoms with van der Waals surface area (Å²) < 4.78 is 2.11. The van der Waals surface area contributed by atoms with Gasteiger partial charge in [0.15, 0.2) is 5.16 Å². The molecule has 4 heteroatoms. The van der Waals surface area contributed by atoms with Gasteiger partial charge >= 0.3 is 0 Å². The van der Waals surface area contributed by atoms with E-state index in [1.54, 1.807) is 11.8 Å². The predicted molar refractivity (Wildman–Crippen MR) is 75.4 cm³/mol. The number of imidazole rings is 1. The third-order valence-electron chi connectivity index (χ3n) is 3.01. The Balaban J connectivity index is 2.09. The zero-order valence-corrected chi connectivity index (χ0v) is 11.8. The molecule has 0 spiro atoms. The first kappa shape index (κ1) is 13.0. The fraction of sp³-hybridized carbons (Fsp3) is 0.429. The Bertz CT molecular complexity index is 593. The summed E-state index contributed by atoms with van der Waals surface area (Å²) in [6, 6.07) is 10.5. The first-order valence-corrected chi connectivity index (χ1v) is 6.97. The molecule has 0 N–H and O–H groups in total. The molecule has 94 valence electrons. The summed E-state index contributed by atoms with van der Waals surface area (Å²) in [7, 11) is 2.03. The third kappa shape index (κ3) is 2.68. The van der Waals surface area contributed by atoms with Gasteiger partial charge in [-0.15, -0.1) is 0 Å². The highest BCUT2D eigenvalue weighted by molar-refractivity contribution is 7.99. The minimum atomic E-state index is -0.252. The van der Waals surface area contributed by atoms with Crippen LogP contribution in [0.25, 0.3) is 11.0 Å². The molecular weight excluding hydrogens is 242 g/mol. The van der Waals surface area contributed by atoms with Gasteiger partial charge in [-0.25, -0.2) is 4.98 Å². The van der Waals surface area contributed by atoms with Crippen LogP contribution in [0.15, 0.2) is 29.4 Å². The number of nitrogens with zero attached hydrogens (tertiary/aromatic N) is 3. The Morgan fingerprint density at radius 1 is 1.39 bits per heavy atom. The number of aryl methyl sites for hydroxylation is 1. The fourth-order valence-corrected chi connectivity index (χ4v) is 2.96. The molecule has 0 radical (unpaired) electrons. The predicted octanol–water partition coefficient (Wildman–Crippen LogP) is 3.61. The number of thioether (sulfide) groups is 1. The summed E-state index contributed by atoms with van der Waals surface area (Å²) in [6.45, 7) is 3.95. The Morgan fingerprint density at radius 3 is 2.78 bits per heavy atom. The average Bonchev–Trinajstić information content (AvgIpc) is 2.67. The van der Waals surface area contributed by atoms with E-state index >= 15 is 0 Å². The standard InChI is InChI=1S/C14H17N3S/c1-14(2,10-15)8-9-18-13-16-11-6-4-5-7-12(11)17(13)3/h4-7H,8-9H2,1-3H3. The van der Waals surface area contributed by atoms with Crippen molar-refractivity contribution in [2.75, 3.05) is 5.75 Å². The second kappa shape index (κ2) is 5.03. The van der Waals surface area contributed by atoms with E-state index in [-0.39, 0.29) is 5.41 Å². The summed E-state index contributed by atoms with van der Waals surface area (Å²) in [5, 5.41) is 10.00. The molecule has 3 nitrogen and oxygen atoms in total. The van der Waals surface area contributed by atoms with Crippen molar-refractivity contribution in [3.05, 3.63) is 24.3 Å². The lowest BCUT2D eigenvalue weighted by molar-refractivity contribution is 0.482. The molecule has 2 aromatic rings. The second-order valence-corrected chi connectivity index (χ2v) is 6.10. The third-order valence-corrected chi connectivity index (χ3v) is 4.04. The van der Waals surface area contributed by atoms with Gasteiger partial charge in [0.1, 0.15) is 0 Å². The monoisotopic (exact) mass is 259 g/mol. The number of rotatable bonds is 4. The average molecular weight is 259 g/mol. The highest BCUT2D eigenvalue weighted by atomic mass is 32.2. The molecule has 1 aromatic carbocycles. The Kier molecular flexibility index (Phi) is 3.63. The van der Waals surface area contributed by atoms with Crippen molar-refractivity contribution < 1.29 is 0 Å². The van der Waals surface area contributed by atoms with E-state index in [9.17, 15) is 0 Å². The Morgan fingerprint density at radius 2 is 2.11 bits per heavy atom. The van der Waals surface area contributed by atoms with Gasteiger partial charge in [-0.1, -0.05) is 23.9 Å². The van der Waals surface area contributed by atoms with Crippen LogP contribution in [-0.4, -0.2) is 15.3 Å². The maximum Gasteiger partial charge on any atom is 0.168 e. The number of para-hydroxylation sites is 2. The minimum absolute atomic E-state index is 0.252. The summed E-state index contributed by atoms with van der Waals surface area (Å²) in [5.41, 5.74) is 1.93. The summed E-state index contributed by atoms with van der Waals surface area (Å²) >= 11 is 1.72. The fourth-order valence-electron chi connectivity index (χ4n) is 1.71. The number of fused-ring (bicyclic) bond motifs is 1. The van der Waals surface area contributed by atoms with Crippen LogP contribution in [0.1, 0.15) is 20.3 Å². The van der Waals surface area contributed by atoms with E-state index in [4.69, 9.17) is 5.26 Å². The SMILES string of the molecule is Cn1c(SCCC(C)(C)C#N)nc2ccccc21. The van der Waals surface area contributed by atoms with E-state index in [1.807, 2.05) is 39.1 Å². The smallest absolute Gasteiger partial charge is 0.168 e. The van der Waals surface area contributed by atoms with Crippen molar-refractivity contribution in [1.82, 2.24) is 9.55 Å². The van der Waals surface area contributed by atoms with E-state index < -0.39 is 0 Å². The van der Waals surface area contributed by atoms with Crippen LogP contribution in [0.5, 0.6) is 0 Å². The van der Waals surface area contributed by atoms with Crippen molar-refractivity contribution in [3.63, 3.8) is 0 Å². The highest BCUT2D eigenvalue weighted by Gasteiger charge is 2.17. The van der Waals surface area contributed by atoms with Crippen molar-refractivity contribution in [2.45, 2.75) is 25.4 Å². The van der Waals surface area contributed by atoms with Gasteiger partial charge in [0.05, 0.1) is 22.5 Å². The number of hydrogen-bond donors (Lipinski definition) is 0. The van der Waals surface area contributed by atoms with Crippen molar-refractivity contribution in [3.8, 4) is 6.07 Å². The molecule has 0 amide bonds. The molecule has 0 unspecified atom stereocenters. The van der Waals surface area contributed by atoms with Crippen molar-refractivity contribution in [2.24, 2.45) is 12.5 Å². The normalized spacial score (nSPS) is 11.7. The molecule has 0 aliphatic carbocycles. The lowest BCUT2D eigenvalue weighted by Crippen LogP contribution is -2.08. The van der Waals surface area contributed by atoms with Crippen LogP contribution >= 0.6 is 11.8 Å². The van der Waals surface area contributed by atoms with Crippen LogP contribution in [0, 0.1) is 16.7 Å². The molecule has 0 atom stereocenters. The first-order chi connectivity index (χ1) is 8.53. The molecule has 1 heterocycles. The van der Waals surface area contributed by atoms with Gasteiger partial charge in [-0.05, 0) is 32.4 Å². The van der Waals surface area contributed by atoms with Gasteiger partial charge in [0.2, 0.25) is 0 Å². The van der Waals surface area contributed by atoms with Gasteiger partial charge in [-0.2, -0.15) is 5.26 Å². The van der Waals surface area contributed by atoms with E-state index in [1.165, 1.54) is 0 Å². The van der Waals surface area contributed by atoms with Gasteiger partial charge in [0.25, 0.3) is 0 Å². The maximum atomic E-state index is 8.98. The van der Waals surface area contributed by atoms with E-state index in [0.717, 1.165) is 28.4 Å². The zero-order valence-electron chi connectivity index (χ0n) is 11.0. The van der Waals surface area contributed by atoms with Crippen molar-refractivity contribution >= 4 is 22.8 Å². The molecule has 1 aromatic heterocycles.